The Kier molecular flexibility index (Phi) is 5.54. The van der Waals surface area contributed by atoms with Crippen LogP contribution in [0.4, 0.5) is 10.5 Å². The average molecular weight is 358 g/mol. The molecule has 1 atom stereocenters. The van der Waals surface area contributed by atoms with Crippen molar-refractivity contribution in [2.24, 2.45) is 0 Å². The third-order valence-electron chi connectivity index (χ3n) is 4.91. The highest BCUT2D eigenvalue weighted by atomic mass is 16.6. The van der Waals surface area contributed by atoms with Gasteiger partial charge in [0.05, 0.1) is 0 Å². The zero-order chi connectivity index (χ0) is 18.7. The van der Waals surface area contributed by atoms with Crippen LogP contribution in [0.15, 0.2) is 24.3 Å². The smallest absolute Gasteiger partial charge is 0.410 e. The fraction of sp³-hybridized carbons (Fsp3) is 0.619. The molecule has 1 aliphatic carbocycles. The summed E-state index contributed by atoms with van der Waals surface area (Å²) in [6.07, 6.45) is 5.67. The number of carbonyl (C=O) groups is 2. The van der Waals surface area contributed by atoms with Gasteiger partial charge in [0.25, 0.3) is 0 Å². The van der Waals surface area contributed by atoms with Crippen LogP contribution >= 0.6 is 0 Å². The number of benzene rings is 1. The largest absolute Gasteiger partial charge is 0.444 e. The number of anilines is 1. The van der Waals surface area contributed by atoms with E-state index in [-0.39, 0.29) is 5.91 Å². The van der Waals surface area contributed by atoms with Gasteiger partial charge in [-0.25, -0.2) is 4.79 Å². The van der Waals surface area contributed by atoms with Crippen LogP contribution in [0.2, 0.25) is 0 Å². The Morgan fingerprint density at radius 3 is 2.35 bits per heavy atom. The molecule has 2 fully saturated rings. The van der Waals surface area contributed by atoms with Gasteiger partial charge in [-0.05, 0) is 70.1 Å². The number of hydrogen-bond acceptors (Lipinski definition) is 3. The normalized spacial score (nSPS) is 21.0. The molecule has 1 saturated heterocycles. The van der Waals surface area contributed by atoms with Crippen molar-refractivity contribution in [3.63, 3.8) is 0 Å². The number of nitrogens with one attached hydrogen (secondary N) is 1. The lowest BCUT2D eigenvalue weighted by Gasteiger charge is -2.31. The Hall–Kier alpha value is -2.04. The summed E-state index contributed by atoms with van der Waals surface area (Å²) in [6.45, 7) is 6.10. The first-order valence-electron chi connectivity index (χ1n) is 9.74. The molecule has 3 rings (SSSR count). The van der Waals surface area contributed by atoms with Gasteiger partial charge in [-0.3, -0.25) is 9.69 Å². The molecule has 5 nitrogen and oxygen atoms in total. The molecule has 1 aromatic carbocycles. The Balaban J connectivity index is 1.68. The minimum atomic E-state index is -0.566. The summed E-state index contributed by atoms with van der Waals surface area (Å²) in [7, 11) is 0. The van der Waals surface area contributed by atoms with Gasteiger partial charge in [-0.2, -0.15) is 0 Å². The molecule has 0 radical (unpaired) electrons. The predicted molar refractivity (Wildman–Crippen MR) is 102 cm³/mol. The van der Waals surface area contributed by atoms with E-state index < -0.39 is 17.7 Å². The lowest BCUT2D eigenvalue weighted by Crippen LogP contribution is -2.48. The fourth-order valence-electron chi connectivity index (χ4n) is 3.40. The number of likely N-dealkylation sites (tertiary alicyclic amines) is 1. The van der Waals surface area contributed by atoms with Gasteiger partial charge in [0.2, 0.25) is 5.91 Å². The minimum absolute atomic E-state index is 0.128. The van der Waals surface area contributed by atoms with E-state index in [9.17, 15) is 9.59 Å². The number of rotatable bonds is 3. The number of carbonyl (C=O) groups excluding carboxylic acids is 2. The van der Waals surface area contributed by atoms with Gasteiger partial charge in [-0.15, -0.1) is 0 Å². The topological polar surface area (TPSA) is 58.6 Å². The van der Waals surface area contributed by atoms with Gasteiger partial charge in [0, 0.05) is 12.2 Å². The van der Waals surface area contributed by atoms with E-state index in [1.165, 1.54) is 18.4 Å². The second-order valence-corrected chi connectivity index (χ2v) is 8.42. The Morgan fingerprint density at radius 1 is 1.04 bits per heavy atom. The summed E-state index contributed by atoms with van der Waals surface area (Å²) in [5.41, 5.74) is 1.56. The van der Waals surface area contributed by atoms with Crippen molar-refractivity contribution in [3.8, 4) is 0 Å². The van der Waals surface area contributed by atoms with E-state index in [1.807, 2.05) is 32.9 Å². The number of ether oxygens (including phenoxy) is 1. The van der Waals surface area contributed by atoms with E-state index in [0.29, 0.717) is 18.9 Å². The summed E-state index contributed by atoms with van der Waals surface area (Å²) in [4.78, 5) is 27.1. The molecule has 1 saturated carbocycles. The van der Waals surface area contributed by atoms with Crippen LogP contribution in [-0.4, -0.2) is 35.1 Å². The summed E-state index contributed by atoms with van der Waals surface area (Å²) >= 11 is 0. The van der Waals surface area contributed by atoms with E-state index in [2.05, 4.69) is 17.4 Å². The summed E-state index contributed by atoms with van der Waals surface area (Å²) in [5, 5.41) is 2.99. The maximum atomic E-state index is 12.9. The summed E-state index contributed by atoms with van der Waals surface area (Å²) < 4.78 is 5.52. The first-order chi connectivity index (χ1) is 12.3. The lowest BCUT2D eigenvalue weighted by atomic mass is 10.1. The maximum Gasteiger partial charge on any atom is 0.410 e. The molecule has 2 aliphatic rings. The molecule has 1 heterocycles. The molecule has 0 bridgehead atoms. The highest BCUT2D eigenvalue weighted by Crippen LogP contribution is 2.40. The molecule has 0 unspecified atom stereocenters. The van der Waals surface area contributed by atoms with Crippen molar-refractivity contribution in [1.82, 2.24) is 4.90 Å². The van der Waals surface area contributed by atoms with Crippen molar-refractivity contribution >= 4 is 17.7 Å². The quantitative estimate of drug-likeness (QED) is 0.853. The Bertz CT molecular complexity index is 644. The zero-order valence-electron chi connectivity index (χ0n) is 16.1. The molecule has 0 spiro atoms. The van der Waals surface area contributed by atoms with Gasteiger partial charge < -0.3 is 10.1 Å². The molecule has 1 aliphatic heterocycles. The molecule has 1 N–H and O–H groups in total. The molecule has 1 aromatic rings. The molecular formula is C21H30N2O3. The van der Waals surface area contributed by atoms with Crippen molar-refractivity contribution in [2.75, 3.05) is 11.9 Å². The summed E-state index contributed by atoms with van der Waals surface area (Å²) in [5.74, 6) is 0.571. The number of nitrogens with zero attached hydrogens (tertiary/aromatic N) is 1. The second kappa shape index (κ2) is 7.68. The van der Waals surface area contributed by atoms with Gasteiger partial charge in [-0.1, -0.05) is 25.0 Å². The van der Waals surface area contributed by atoms with Gasteiger partial charge in [0.1, 0.15) is 11.6 Å². The van der Waals surface area contributed by atoms with Crippen LogP contribution in [0.5, 0.6) is 0 Å². The molecule has 5 heteroatoms. The second-order valence-electron chi connectivity index (χ2n) is 8.42. The third kappa shape index (κ3) is 4.99. The minimum Gasteiger partial charge on any atom is -0.444 e. The van der Waals surface area contributed by atoms with Gasteiger partial charge >= 0.3 is 6.09 Å². The SMILES string of the molecule is CC(C)(C)OC(=O)N1CCCCC[C@H]1C(=O)Nc1ccc(C2CC2)cc1. The third-order valence-corrected chi connectivity index (χ3v) is 4.91. The molecule has 2 amide bonds. The molecular weight excluding hydrogens is 328 g/mol. The number of amides is 2. The highest BCUT2D eigenvalue weighted by Gasteiger charge is 2.34. The molecule has 0 aromatic heterocycles. The van der Waals surface area contributed by atoms with Crippen LogP contribution in [-0.2, 0) is 9.53 Å². The van der Waals surface area contributed by atoms with Crippen LogP contribution in [0.25, 0.3) is 0 Å². The monoisotopic (exact) mass is 358 g/mol. The van der Waals surface area contributed by atoms with Crippen molar-refractivity contribution < 1.29 is 14.3 Å². The fourth-order valence-corrected chi connectivity index (χ4v) is 3.40. The average Bonchev–Trinajstić information content (AvgIpc) is 3.40. The van der Waals surface area contributed by atoms with Crippen molar-refractivity contribution in [2.45, 2.75) is 76.9 Å². The van der Waals surface area contributed by atoms with Crippen molar-refractivity contribution in [3.05, 3.63) is 29.8 Å². The lowest BCUT2D eigenvalue weighted by molar-refractivity contribution is -0.121. The Labute approximate surface area is 156 Å². The molecule has 26 heavy (non-hydrogen) atoms. The van der Waals surface area contributed by atoms with Crippen LogP contribution in [0.1, 0.15) is 70.8 Å². The first-order valence-corrected chi connectivity index (χ1v) is 9.74. The van der Waals surface area contributed by atoms with E-state index in [1.54, 1.807) is 4.90 Å². The maximum absolute atomic E-state index is 12.9. The predicted octanol–water partition coefficient (Wildman–Crippen LogP) is 4.68. The van der Waals surface area contributed by atoms with E-state index in [0.717, 1.165) is 24.9 Å². The Morgan fingerprint density at radius 2 is 1.73 bits per heavy atom. The standard InChI is InChI=1S/C21H30N2O3/c1-21(2,3)26-20(25)23-14-6-4-5-7-18(23)19(24)22-17-12-10-16(11-13-17)15-8-9-15/h10-13,15,18H,4-9,14H2,1-3H3,(H,22,24)/t18-/m0/s1. The van der Waals surface area contributed by atoms with E-state index >= 15 is 0 Å². The van der Waals surface area contributed by atoms with Gasteiger partial charge in [0.15, 0.2) is 0 Å². The van der Waals surface area contributed by atoms with Crippen molar-refractivity contribution in [1.29, 1.82) is 0 Å². The summed E-state index contributed by atoms with van der Waals surface area (Å²) in [6, 6.07) is 7.62. The zero-order valence-corrected chi connectivity index (χ0v) is 16.1. The van der Waals surface area contributed by atoms with Crippen LogP contribution in [0, 0.1) is 0 Å². The van der Waals surface area contributed by atoms with E-state index in [4.69, 9.17) is 4.74 Å². The first kappa shape index (κ1) is 18.7. The van der Waals surface area contributed by atoms with Crippen LogP contribution < -0.4 is 5.32 Å². The number of hydrogen-bond donors (Lipinski definition) is 1. The highest BCUT2D eigenvalue weighted by molar-refractivity contribution is 5.96. The van der Waals surface area contributed by atoms with Crippen LogP contribution in [0.3, 0.4) is 0 Å². The molecule has 142 valence electrons.